The van der Waals surface area contributed by atoms with Crippen molar-refractivity contribution < 1.29 is 0 Å². The minimum absolute atomic E-state index is 0.274. The summed E-state index contributed by atoms with van der Waals surface area (Å²) in [6.07, 6.45) is 2.25. The molecule has 14 heavy (non-hydrogen) atoms. The number of hydrogen-bond acceptors (Lipinski definition) is 3. The Labute approximate surface area is 83.7 Å². The van der Waals surface area contributed by atoms with Gasteiger partial charge in [-0.1, -0.05) is 6.07 Å². The van der Waals surface area contributed by atoms with E-state index >= 15 is 0 Å². The van der Waals surface area contributed by atoms with E-state index in [9.17, 15) is 0 Å². The van der Waals surface area contributed by atoms with E-state index < -0.39 is 0 Å². The largest absolute Gasteiger partial charge is 0.399 e. The van der Waals surface area contributed by atoms with Gasteiger partial charge < -0.3 is 11.1 Å². The van der Waals surface area contributed by atoms with Crippen molar-refractivity contribution in [2.24, 2.45) is 0 Å². The molecule has 1 fully saturated rings. The second kappa shape index (κ2) is 2.72. The zero-order valence-corrected chi connectivity index (χ0v) is 8.14. The summed E-state index contributed by atoms with van der Waals surface area (Å²) < 4.78 is 0. The Morgan fingerprint density at radius 1 is 1.21 bits per heavy atom. The monoisotopic (exact) mass is 189 g/mol. The van der Waals surface area contributed by atoms with E-state index in [1.807, 2.05) is 6.07 Å². The average Bonchev–Trinajstić information content (AvgIpc) is 2.72. The smallest absolute Gasteiger partial charge is 0.0459 e. The quantitative estimate of drug-likeness (QED) is 0.513. The second-order valence-corrected chi connectivity index (χ2v) is 4.44. The summed E-state index contributed by atoms with van der Waals surface area (Å²) in [7, 11) is 0. The highest BCUT2D eigenvalue weighted by Crippen LogP contribution is 2.32. The SMILES string of the molecule is Nc1ccc2c(c1)CC1(CNCN1)C2. The van der Waals surface area contributed by atoms with Crippen LogP contribution in [0.1, 0.15) is 11.1 Å². The minimum Gasteiger partial charge on any atom is -0.399 e. The molecule has 2 aliphatic rings. The number of rotatable bonds is 0. The molecule has 0 bridgehead atoms. The lowest BCUT2D eigenvalue weighted by atomic mass is 9.97. The van der Waals surface area contributed by atoms with E-state index in [1.165, 1.54) is 11.1 Å². The Morgan fingerprint density at radius 2 is 2.07 bits per heavy atom. The average molecular weight is 189 g/mol. The van der Waals surface area contributed by atoms with Gasteiger partial charge in [-0.2, -0.15) is 0 Å². The van der Waals surface area contributed by atoms with E-state index in [0.29, 0.717) is 0 Å². The Balaban J connectivity index is 1.96. The highest BCUT2D eigenvalue weighted by molar-refractivity contribution is 5.48. The zero-order valence-electron chi connectivity index (χ0n) is 8.14. The van der Waals surface area contributed by atoms with Crippen LogP contribution in [0.5, 0.6) is 0 Å². The topological polar surface area (TPSA) is 50.1 Å². The summed E-state index contributed by atoms with van der Waals surface area (Å²) in [4.78, 5) is 0. The molecule has 0 amide bonds. The zero-order chi connectivity index (χ0) is 9.60. The lowest BCUT2D eigenvalue weighted by Crippen LogP contribution is -2.43. The summed E-state index contributed by atoms with van der Waals surface area (Å²) in [5.41, 5.74) is 9.81. The van der Waals surface area contributed by atoms with Crippen molar-refractivity contribution in [2.45, 2.75) is 18.4 Å². The molecular weight excluding hydrogens is 174 g/mol. The van der Waals surface area contributed by atoms with Gasteiger partial charge in [0.25, 0.3) is 0 Å². The van der Waals surface area contributed by atoms with E-state index in [0.717, 1.165) is 31.7 Å². The third-order valence-corrected chi connectivity index (χ3v) is 3.34. The Hall–Kier alpha value is -1.06. The van der Waals surface area contributed by atoms with Crippen LogP contribution >= 0.6 is 0 Å². The highest BCUT2D eigenvalue weighted by Gasteiger charge is 2.39. The lowest BCUT2D eigenvalue weighted by Gasteiger charge is -2.21. The van der Waals surface area contributed by atoms with Crippen LogP contribution in [0, 0.1) is 0 Å². The molecule has 74 valence electrons. The third-order valence-electron chi connectivity index (χ3n) is 3.34. The molecule has 4 N–H and O–H groups in total. The molecule has 3 heteroatoms. The number of fused-ring (bicyclic) bond motifs is 1. The van der Waals surface area contributed by atoms with Crippen LogP contribution < -0.4 is 16.4 Å². The van der Waals surface area contributed by atoms with Crippen molar-refractivity contribution >= 4 is 5.69 Å². The standard InChI is InChI=1S/C11H15N3/c12-10-2-1-8-4-11(5-9(8)3-10)6-13-7-14-11/h1-3,13-14H,4-7,12H2. The maximum Gasteiger partial charge on any atom is 0.0459 e. The maximum absolute atomic E-state index is 5.78. The van der Waals surface area contributed by atoms with Crippen molar-refractivity contribution in [1.82, 2.24) is 10.6 Å². The molecule has 1 aromatic rings. The molecule has 1 heterocycles. The van der Waals surface area contributed by atoms with Crippen LogP contribution in [0.3, 0.4) is 0 Å². The molecule has 1 aliphatic carbocycles. The summed E-state index contributed by atoms with van der Waals surface area (Å²) in [5.74, 6) is 0. The van der Waals surface area contributed by atoms with Gasteiger partial charge >= 0.3 is 0 Å². The highest BCUT2D eigenvalue weighted by atomic mass is 15.2. The summed E-state index contributed by atoms with van der Waals surface area (Å²) in [5, 5.41) is 6.91. The molecule has 1 aromatic carbocycles. The number of nitrogens with two attached hydrogens (primary N) is 1. The molecule has 0 aromatic heterocycles. The van der Waals surface area contributed by atoms with Gasteiger partial charge in [0.05, 0.1) is 0 Å². The Kier molecular flexibility index (Phi) is 1.60. The predicted molar refractivity (Wildman–Crippen MR) is 57.0 cm³/mol. The summed E-state index contributed by atoms with van der Waals surface area (Å²) in [6.45, 7) is 2.01. The van der Waals surface area contributed by atoms with Gasteiger partial charge in [0.1, 0.15) is 0 Å². The fourth-order valence-corrected chi connectivity index (χ4v) is 2.64. The van der Waals surface area contributed by atoms with Gasteiger partial charge in [-0.3, -0.25) is 5.32 Å². The first-order valence-electron chi connectivity index (χ1n) is 5.11. The van der Waals surface area contributed by atoms with Crippen LogP contribution in [0.4, 0.5) is 5.69 Å². The predicted octanol–water partition coefficient (Wildman–Crippen LogP) is 0.256. The molecule has 0 saturated carbocycles. The van der Waals surface area contributed by atoms with Crippen molar-refractivity contribution in [1.29, 1.82) is 0 Å². The number of anilines is 1. The molecule has 1 atom stereocenters. The van der Waals surface area contributed by atoms with Gasteiger partial charge in [0.15, 0.2) is 0 Å². The fourth-order valence-electron chi connectivity index (χ4n) is 2.64. The maximum atomic E-state index is 5.78. The fraction of sp³-hybridized carbons (Fsp3) is 0.455. The summed E-state index contributed by atoms with van der Waals surface area (Å²) in [6, 6.07) is 6.28. The normalized spacial score (nSPS) is 29.7. The number of nitrogen functional groups attached to an aromatic ring is 1. The van der Waals surface area contributed by atoms with E-state index in [2.05, 4.69) is 22.8 Å². The van der Waals surface area contributed by atoms with Crippen LogP contribution in [0.2, 0.25) is 0 Å². The van der Waals surface area contributed by atoms with Gasteiger partial charge in [-0.15, -0.1) is 0 Å². The second-order valence-electron chi connectivity index (χ2n) is 4.44. The molecule has 3 nitrogen and oxygen atoms in total. The third kappa shape index (κ3) is 1.13. The lowest BCUT2D eigenvalue weighted by molar-refractivity contribution is 0.421. The first-order valence-corrected chi connectivity index (χ1v) is 5.11. The van der Waals surface area contributed by atoms with Crippen LogP contribution in [-0.4, -0.2) is 18.8 Å². The Bertz CT molecular complexity index is 367. The minimum atomic E-state index is 0.274. The van der Waals surface area contributed by atoms with Crippen LogP contribution in [0.25, 0.3) is 0 Å². The Morgan fingerprint density at radius 3 is 2.86 bits per heavy atom. The molecular formula is C11H15N3. The van der Waals surface area contributed by atoms with Gasteiger partial charge in [-0.25, -0.2) is 0 Å². The van der Waals surface area contributed by atoms with E-state index in [-0.39, 0.29) is 5.54 Å². The number of hydrogen-bond donors (Lipinski definition) is 3. The molecule has 3 rings (SSSR count). The molecule has 1 spiro atoms. The first-order chi connectivity index (χ1) is 6.77. The molecule has 1 unspecified atom stereocenters. The van der Waals surface area contributed by atoms with Crippen molar-refractivity contribution in [3.05, 3.63) is 29.3 Å². The van der Waals surface area contributed by atoms with Crippen molar-refractivity contribution in [3.8, 4) is 0 Å². The van der Waals surface area contributed by atoms with Gasteiger partial charge in [0, 0.05) is 24.4 Å². The van der Waals surface area contributed by atoms with Crippen molar-refractivity contribution in [2.75, 3.05) is 18.9 Å². The first kappa shape index (κ1) is 8.26. The summed E-state index contributed by atoms with van der Waals surface area (Å²) >= 11 is 0. The molecule has 1 aliphatic heterocycles. The van der Waals surface area contributed by atoms with Crippen LogP contribution in [0.15, 0.2) is 18.2 Å². The molecule has 1 saturated heterocycles. The van der Waals surface area contributed by atoms with Gasteiger partial charge in [-0.05, 0) is 36.1 Å². The number of nitrogens with one attached hydrogen (secondary N) is 2. The van der Waals surface area contributed by atoms with Crippen LogP contribution in [-0.2, 0) is 12.8 Å². The van der Waals surface area contributed by atoms with Crippen molar-refractivity contribution in [3.63, 3.8) is 0 Å². The van der Waals surface area contributed by atoms with E-state index in [1.54, 1.807) is 0 Å². The van der Waals surface area contributed by atoms with Gasteiger partial charge in [0.2, 0.25) is 0 Å². The number of benzene rings is 1. The molecule has 0 radical (unpaired) electrons. The van der Waals surface area contributed by atoms with E-state index in [4.69, 9.17) is 5.73 Å².